The largest absolute Gasteiger partial charge is 0.350 e. The number of aromatic nitrogens is 2. The molecule has 0 unspecified atom stereocenters. The molecule has 1 heterocycles. The zero-order chi connectivity index (χ0) is 21.0. The highest BCUT2D eigenvalue weighted by molar-refractivity contribution is 6.30. The van der Waals surface area contributed by atoms with Crippen LogP contribution < -0.4 is 10.6 Å². The molecule has 3 aromatic rings. The number of hydrogen-bond acceptors (Lipinski definition) is 3. The van der Waals surface area contributed by atoms with E-state index < -0.39 is 0 Å². The van der Waals surface area contributed by atoms with Crippen molar-refractivity contribution >= 4 is 29.1 Å². The second-order valence-electron chi connectivity index (χ2n) is 6.91. The highest BCUT2D eigenvalue weighted by Gasteiger charge is 2.18. The molecular formula is C22H23ClN4O2. The number of carbonyl (C=O) groups excluding carboxylic acids is 2. The Labute approximate surface area is 174 Å². The third-order valence-corrected chi connectivity index (χ3v) is 4.56. The Morgan fingerprint density at radius 3 is 2.45 bits per heavy atom. The van der Waals surface area contributed by atoms with Crippen molar-refractivity contribution in [3.63, 3.8) is 0 Å². The molecule has 0 radical (unpaired) electrons. The number of nitrogens with zero attached hydrogens (tertiary/aromatic N) is 2. The van der Waals surface area contributed by atoms with Crippen LogP contribution in [0.4, 0.5) is 5.69 Å². The summed E-state index contributed by atoms with van der Waals surface area (Å²) in [5.41, 5.74) is 3.23. The third-order valence-electron chi connectivity index (χ3n) is 4.33. The lowest BCUT2D eigenvalue weighted by molar-refractivity contribution is 0.0942. The zero-order valence-electron chi connectivity index (χ0n) is 16.6. The molecule has 0 atom stereocenters. The van der Waals surface area contributed by atoms with Crippen molar-refractivity contribution < 1.29 is 9.59 Å². The van der Waals surface area contributed by atoms with E-state index in [1.807, 2.05) is 32.9 Å². The van der Waals surface area contributed by atoms with E-state index in [-0.39, 0.29) is 17.9 Å². The van der Waals surface area contributed by atoms with Crippen LogP contribution in [0.25, 0.3) is 5.69 Å². The van der Waals surface area contributed by atoms with Crippen molar-refractivity contribution in [1.82, 2.24) is 15.1 Å². The zero-order valence-corrected chi connectivity index (χ0v) is 17.3. The normalized spacial score (nSPS) is 10.8. The van der Waals surface area contributed by atoms with Crippen molar-refractivity contribution in [2.75, 3.05) is 5.32 Å². The Balaban J connectivity index is 1.78. The minimum Gasteiger partial charge on any atom is -0.350 e. The van der Waals surface area contributed by atoms with Crippen LogP contribution in [0.1, 0.15) is 47.2 Å². The Hall–Kier alpha value is -3.12. The summed E-state index contributed by atoms with van der Waals surface area (Å²) < 4.78 is 1.72. The number of nitrogens with one attached hydrogen (secondary N) is 2. The molecule has 7 heteroatoms. The van der Waals surface area contributed by atoms with Gasteiger partial charge in [-0.15, -0.1) is 0 Å². The van der Waals surface area contributed by atoms with Crippen LogP contribution in [0, 0.1) is 0 Å². The minimum atomic E-state index is -0.255. The van der Waals surface area contributed by atoms with Gasteiger partial charge in [0.15, 0.2) is 0 Å². The fraction of sp³-hybridized carbons (Fsp3) is 0.227. The van der Waals surface area contributed by atoms with Crippen molar-refractivity contribution in [3.05, 3.63) is 76.6 Å². The van der Waals surface area contributed by atoms with Crippen LogP contribution in [0.15, 0.2) is 54.7 Å². The van der Waals surface area contributed by atoms with Crippen LogP contribution in [0.5, 0.6) is 0 Å². The number of rotatable bonds is 6. The van der Waals surface area contributed by atoms with Gasteiger partial charge in [0.05, 0.1) is 23.1 Å². The fourth-order valence-corrected chi connectivity index (χ4v) is 3.17. The van der Waals surface area contributed by atoms with Crippen molar-refractivity contribution in [3.8, 4) is 5.69 Å². The van der Waals surface area contributed by atoms with Gasteiger partial charge in [0.25, 0.3) is 11.8 Å². The summed E-state index contributed by atoms with van der Waals surface area (Å²) in [6.45, 7) is 5.78. The Kier molecular flexibility index (Phi) is 6.34. The number of halogens is 1. The predicted molar refractivity (Wildman–Crippen MR) is 115 cm³/mol. The molecule has 0 bridgehead atoms. The van der Waals surface area contributed by atoms with E-state index in [0.29, 0.717) is 28.3 Å². The van der Waals surface area contributed by atoms with Gasteiger partial charge in [0, 0.05) is 22.3 Å². The van der Waals surface area contributed by atoms with Gasteiger partial charge in [0.1, 0.15) is 0 Å². The van der Waals surface area contributed by atoms with Gasteiger partial charge in [0.2, 0.25) is 0 Å². The molecule has 2 amide bonds. The monoisotopic (exact) mass is 410 g/mol. The lowest BCUT2D eigenvalue weighted by atomic mass is 10.1. The van der Waals surface area contributed by atoms with E-state index >= 15 is 0 Å². The first-order valence-electron chi connectivity index (χ1n) is 9.44. The fourth-order valence-electron chi connectivity index (χ4n) is 2.98. The summed E-state index contributed by atoms with van der Waals surface area (Å²) >= 11 is 6.08. The van der Waals surface area contributed by atoms with Gasteiger partial charge in [-0.3, -0.25) is 9.59 Å². The quantitative estimate of drug-likeness (QED) is 0.629. The molecule has 0 fully saturated rings. The summed E-state index contributed by atoms with van der Waals surface area (Å²) in [6.07, 6.45) is 2.18. The number of carbonyl (C=O) groups is 2. The van der Waals surface area contributed by atoms with Crippen molar-refractivity contribution in [2.45, 2.75) is 33.2 Å². The van der Waals surface area contributed by atoms with E-state index in [1.165, 1.54) is 0 Å². The standard InChI is InChI=1S/C22H23ClN4O2/c1-4-20-19(13-24-27(20)18-7-5-6-16(23)12-18)22(29)26-17-10-8-15(9-11-17)21(28)25-14(2)3/h5-14H,4H2,1-3H3,(H,25,28)(H,26,29). The Bertz CT molecular complexity index is 1030. The summed E-state index contributed by atoms with van der Waals surface area (Å²) in [7, 11) is 0. The van der Waals surface area contributed by atoms with Gasteiger partial charge >= 0.3 is 0 Å². The van der Waals surface area contributed by atoms with E-state index in [4.69, 9.17) is 11.6 Å². The number of benzene rings is 2. The summed E-state index contributed by atoms with van der Waals surface area (Å²) in [4.78, 5) is 24.8. The Morgan fingerprint density at radius 1 is 1.10 bits per heavy atom. The first-order valence-corrected chi connectivity index (χ1v) is 9.82. The molecule has 2 aromatic carbocycles. The van der Waals surface area contributed by atoms with Gasteiger partial charge < -0.3 is 10.6 Å². The molecule has 3 rings (SSSR count). The molecular weight excluding hydrogens is 388 g/mol. The van der Waals surface area contributed by atoms with E-state index in [1.54, 1.807) is 47.3 Å². The molecule has 1 aromatic heterocycles. The maximum atomic E-state index is 12.8. The first kappa shape index (κ1) is 20.6. The lowest BCUT2D eigenvalue weighted by Crippen LogP contribution is -2.30. The molecule has 150 valence electrons. The van der Waals surface area contributed by atoms with Gasteiger partial charge in [-0.25, -0.2) is 4.68 Å². The summed E-state index contributed by atoms with van der Waals surface area (Å²) in [5, 5.41) is 10.7. The van der Waals surface area contributed by atoms with Crippen LogP contribution in [0.2, 0.25) is 5.02 Å². The Morgan fingerprint density at radius 2 is 1.83 bits per heavy atom. The van der Waals surface area contributed by atoms with Crippen molar-refractivity contribution in [2.24, 2.45) is 0 Å². The average Bonchev–Trinajstić information content (AvgIpc) is 3.12. The molecule has 0 saturated heterocycles. The second-order valence-corrected chi connectivity index (χ2v) is 7.35. The molecule has 0 aliphatic rings. The second kappa shape index (κ2) is 8.92. The predicted octanol–water partition coefficient (Wildman–Crippen LogP) is 4.48. The number of hydrogen-bond donors (Lipinski definition) is 2. The maximum Gasteiger partial charge on any atom is 0.259 e. The van der Waals surface area contributed by atoms with Crippen LogP contribution in [-0.4, -0.2) is 27.6 Å². The van der Waals surface area contributed by atoms with E-state index in [2.05, 4.69) is 15.7 Å². The highest BCUT2D eigenvalue weighted by atomic mass is 35.5. The van der Waals surface area contributed by atoms with Gasteiger partial charge in [-0.2, -0.15) is 5.10 Å². The molecule has 0 saturated carbocycles. The average molecular weight is 411 g/mol. The smallest absolute Gasteiger partial charge is 0.259 e. The topological polar surface area (TPSA) is 76.0 Å². The first-order chi connectivity index (χ1) is 13.9. The highest BCUT2D eigenvalue weighted by Crippen LogP contribution is 2.20. The van der Waals surface area contributed by atoms with Gasteiger partial charge in [-0.05, 0) is 62.7 Å². The lowest BCUT2D eigenvalue weighted by Gasteiger charge is -2.10. The van der Waals surface area contributed by atoms with Crippen LogP contribution >= 0.6 is 11.6 Å². The van der Waals surface area contributed by atoms with Crippen LogP contribution in [0.3, 0.4) is 0 Å². The molecule has 29 heavy (non-hydrogen) atoms. The minimum absolute atomic E-state index is 0.0605. The SMILES string of the molecule is CCc1c(C(=O)Nc2ccc(C(=O)NC(C)C)cc2)cnn1-c1cccc(Cl)c1. The number of amides is 2. The van der Waals surface area contributed by atoms with E-state index in [0.717, 1.165) is 11.4 Å². The molecule has 0 aliphatic carbocycles. The van der Waals surface area contributed by atoms with E-state index in [9.17, 15) is 9.59 Å². The summed E-state index contributed by atoms with van der Waals surface area (Å²) in [5.74, 6) is -0.400. The van der Waals surface area contributed by atoms with Crippen LogP contribution in [-0.2, 0) is 6.42 Å². The molecule has 0 spiro atoms. The van der Waals surface area contributed by atoms with Crippen molar-refractivity contribution in [1.29, 1.82) is 0 Å². The summed E-state index contributed by atoms with van der Waals surface area (Å²) in [6, 6.07) is 14.2. The maximum absolute atomic E-state index is 12.8. The molecule has 6 nitrogen and oxygen atoms in total. The van der Waals surface area contributed by atoms with Gasteiger partial charge in [-0.1, -0.05) is 24.6 Å². The molecule has 0 aliphatic heterocycles. The third kappa shape index (κ3) is 4.84. The number of anilines is 1. The molecule has 2 N–H and O–H groups in total.